The molecule has 3 amide bonds. The quantitative estimate of drug-likeness (QED) is 0.126. The van der Waals surface area contributed by atoms with Crippen molar-refractivity contribution in [2.75, 3.05) is 37.6 Å². The molecule has 0 radical (unpaired) electrons. The molecule has 2 saturated heterocycles. The molecule has 0 spiro atoms. The third kappa shape index (κ3) is 8.49. The molecule has 0 aliphatic carbocycles. The van der Waals surface area contributed by atoms with E-state index in [1.54, 1.807) is 6.07 Å². The van der Waals surface area contributed by atoms with Crippen LogP contribution in [0.2, 0.25) is 0 Å². The van der Waals surface area contributed by atoms with Crippen LogP contribution in [0.25, 0.3) is 33.4 Å². The highest BCUT2D eigenvalue weighted by atomic mass is 19.1. The fourth-order valence-corrected chi connectivity index (χ4v) is 7.93. The second-order valence-corrected chi connectivity index (χ2v) is 16.6. The number of imide groups is 1. The van der Waals surface area contributed by atoms with Gasteiger partial charge in [0.05, 0.1) is 12.0 Å². The van der Waals surface area contributed by atoms with Crippen molar-refractivity contribution in [3.05, 3.63) is 113 Å². The van der Waals surface area contributed by atoms with Crippen LogP contribution in [0.4, 0.5) is 10.1 Å². The molecule has 13 nitrogen and oxygen atoms in total. The summed E-state index contributed by atoms with van der Waals surface area (Å²) in [7, 11) is 0. The van der Waals surface area contributed by atoms with Crippen LogP contribution < -0.4 is 15.5 Å². The number of piperidine rings is 1. The van der Waals surface area contributed by atoms with Gasteiger partial charge in [0.25, 0.3) is 11.7 Å². The van der Waals surface area contributed by atoms with E-state index < -0.39 is 17.7 Å². The largest absolute Gasteiger partial charge is 0.369 e. The average Bonchev–Trinajstić information content (AvgIpc) is 3.90. The zero-order valence-corrected chi connectivity index (χ0v) is 33.9. The summed E-state index contributed by atoms with van der Waals surface area (Å²) in [5.41, 5.74) is 8.49. The maximum Gasteiger partial charge on any atom is 0.293 e. The van der Waals surface area contributed by atoms with E-state index >= 15 is 4.39 Å². The van der Waals surface area contributed by atoms with Crippen molar-refractivity contribution in [1.82, 2.24) is 40.9 Å². The number of fused-ring (bicyclic) bond motifs is 1. The monoisotopic (exact) mass is 797 g/mol. The van der Waals surface area contributed by atoms with E-state index in [0.717, 1.165) is 82.9 Å². The fraction of sp³-hybridized carbons (Fsp3) is 0.356. The van der Waals surface area contributed by atoms with Crippen LogP contribution >= 0.6 is 0 Å². The van der Waals surface area contributed by atoms with Gasteiger partial charge >= 0.3 is 0 Å². The number of hydrogen-bond donors (Lipinski definition) is 3. The van der Waals surface area contributed by atoms with E-state index in [2.05, 4.69) is 77.2 Å². The van der Waals surface area contributed by atoms with Crippen molar-refractivity contribution in [1.29, 1.82) is 0 Å². The van der Waals surface area contributed by atoms with Crippen molar-refractivity contribution in [2.24, 2.45) is 0 Å². The Kier molecular flexibility index (Phi) is 10.8. The number of aromatic nitrogens is 5. The maximum atomic E-state index is 15.0. The first kappa shape index (κ1) is 39.5. The molecule has 2 atom stereocenters. The van der Waals surface area contributed by atoms with E-state index in [1.807, 2.05) is 59.0 Å². The predicted octanol–water partition coefficient (Wildman–Crippen LogP) is 6.80. The lowest BCUT2D eigenvalue weighted by molar-refractivity contribution is -0.134. The Labute approximate surface area is 341 Å². The number of piperazine rings is 1. The summed E-state index contributed by atoms with van der Waals surface area (Å²) in [6.45, 7) is 14.2. The van der Waals surface area contributed by atoms with Crippen molar-refractivity contribution in [3.63, 3.8) is 0 Å². The number of nitrogens with one attached hydrogen (secondary N) is 3. The summed E-state index contributed by atoms with van der Waals surface area (Å²) in [4.78, 5) is 50.4. The molecular weight excluding hydrogens is 750 g/mol. The Balaban J connectivity index is 0.870. The molecule has 0 saturated carbocycles. The highest BCUT2D eigenvalue weighted by molar-refractivity contribution is 6.01. The molecule has 3 aromatic heterocycles. The Bertz CT molecular complexity index is 2530. The number of pyridine rings is 1. The van der Waals surface area contributed by atoms with Crippen LogP contribution in [-0.4, -0.2) is 80.7 Å². The minimum Gasteiger partial charge on any atom is -0.369 e. The van der Waals surface area contributed by atoms with Crippen LogP contribution in [-0.2, 0) is 21.4 Å². The Morgan fingerprint density at radius 1 is 0.983 bits per heavy atom. The molecule has 3 aromatic carbocycles. The van der Waals surface area contributed by atoms with Gasteiger partial charge in [-0.2, -0.15) is 10.1 Å². The van der Waals surface area contributed by atoms with Gasteiger partial charge in [-0.3, -0.25) is 29.7 Å². The summed E-state index contributed by atoms with van der Waals surface area (Å²) >= 11 is 0. The first-order chi connectivity index (χ1) is 28.3. The van der Waals surface area contributed by atoms with E-state index in [0.29, 0.717) is 29.9 Å². The van der Waals surface area contributed by atoms with Crippen LogP contribution in [0.1, 0.15) is 91.3 Å². The highest BCUT2D eigenvalue weighted by Crippen LogP contribution is 2.33. The lowest BCUT2D eigenvalue weighted by Gasteiger charge is -2.36. The molecule has 2 unspecified atom stereocenters. The van der Waals surface area contributed by atoms with Gasteiger partial charge in [-0.15, -0.1) is 0 Å². The molecule has 2 aliphatic heterocycles. The number of carbonyl (C=O) groups excluding carboxylic acids is 3. The normalized spacial score (nSPS) is 17.0. The highest BCUT2D eigenvalue weighted by Gasteiger charge is 2.30. The van der Waals surface area contributed by atoms with Gasteiger partial charge in [0.2, 0.25) is 17.7 Å². The van der Waals surface area contributed by atoms with Crippen molar-refractivity contribution in [3.8, 4) is 22.4 Å². The summed E-state index contributed by atoms with van der Waals surface area (Å²) in [5, 5.41) is 17.8. The third-order valence-electron chi connectivity index (χ3n) is 11.4. The second-order valence-electron chi connectivity index (χ2n) is 16.6. The first-order valence-electron chi connectivity index (χ1n) is 20.1. The Hall–Kier alpha value is -6.28. The lowest BCUT2D eigenvalue weighted by Crippen LogP contribution is -2.47. The molecule has 3 N–H and O–H groups in total. The SMILES string of the molecule is Cc1cc(-c2n[nH]c3ncc(-c4ccc(N5CCN(CCc6ccc(C7CCC(=O)NC7=O)c(F)c6)CC5)cc4)cc23)ccc1C(C)NC(=O)c1noc(C(C)(C)C)n1. The van der Waals surface area contributed by atoms with E-state index in [4.69, 9.17) is 9.51 Å². The molecule has 2 aliphatic rings. The maximum absolute atomic E-state index is 15.0. The minimum absolute atomic E-state index is 0.0120. The zero-order valence-electron chi connectivity index (χ0n) is 33.9. The Morgan fingerprint density at radius 2 is 1.75 bits per heavy atom. The van der Waals surface area contributed by atoms with E-state index in [-0.39, 0.29) is 35.4 Å². The number of nitrogens with zero attached hydrogens (tertiary/aromatic N) is 6. The number of carbonyl (C=O) groups is 3. The van der Waals surface area contributed by atoms with Crippen LogP contribution in [0, 0.1) is 12.7 Å². The molecule has 5 heterocycles. The number of anilines is 1. The van der Waals surface area contributed by atoms with E-state index in [9.17, 15) is 14.4 Å². The van der Waals surface area contributed by atoms with Crippen LogP contribution in [0.5, 0.6) is 0 Å². The standard InChI is InChI=1S/C45H48FN9O4/c1-26-22-30(9-13-33(26)27(2)48-43(58)41-50-44(59-53-41)45(3,4)5)39-36-24-31(25-47-40(36)52-51-39)29-7-10-32(11-8-29)55-20-18-54(19-21-55)17-16-28-6-12-34(37(46)23-28)35-14-15-38(56)49-42(35)57/h6-13,22-25,27,35H,14-21H2,1-5H3,(H,48,58)(H,47,51,52)(H,49,56,57). The Morgan fingerprint density at radius 3 is 2.44 bits per heavy atom. The molecule has 8 rings (SSSR count). The van der Waals surface area contributed by atoms with Crippen LogP contribution in [0.3, 0.4) is 0 Å². The van der Waals surface area contributed by atoms with E-state index in [1.165, 1.54) is 6.07 Å². The van der Waals surface area contributed by atoms with Gasteiger partial charge in [0.15, 0.2) is 5.65 Å². The van der Waals surface area contributed by atoms with Crippen molar-refractivity contribution < 1.29 is 23.3 Å². The zero-order chi connectivity index (χ0) is 41.4. The fourth-order valence-electron chi connectivity index (χ4n) is 7.93. The predicted molar refractivity (Wildman–Crippen MR) is 222 cm³/mol. The van der Waals surface area contributed by atoms with Gasteiger partial charge < -0.3 is 14.7 Å². The molecule has 2 fully saturated rings. The number of H-pyrrole nitrogens is 1. The molecule has 304 valence electrons. The van der Waals surface area contributed by atoms with Gasteiger partial charge in [0, 0.05) is 78.5 Å². The number of hydrogen-bond acceptors (Lipinski definition) is 10. The van der Waals surface area contributed by atoms with Crippen molar-refractivity contribution >= 4 is 34.4 Å². The topological polar surface area (TPSA) is 162 Å². The molecule has 59 heavy (non-hydrogen) atoms. The summed E-state index contributed by atoms with van der Waals surface area (Å²) in [6, 6.07) is 21.6. The molecule has 0 bridgehead atoms. The van der Waals surface area contributed by atoms with Gasteiger partial charge in [0.1, 0.15) is 11.5 Å². The summed E-state index contributed by atoms with van der Waals surface area (Å²) in [5.74, 6) is -1.72. The molecule has 14 heteroatoms. The smallest absolute Gasteiger partial charge is 0.293 e. The van der Waals surface area contributed by atoms with Crippen molar-refractivity contribution in [2.45, 2.75) is 71.3 Å². The number of amides is 3. The number of rotatable bonds is 10. The number of halogens is 1. The van der Waals surface area contributed by atoms with Gasteiger partial charge in [-0.1, -0.05) is 62.3 Å². The van der Waals surface area contributed by atoms with Gasteiger partial charge in [-0.25, -0.2) is 9.37 Å². The molecular formula is C45H48FN9O4. The average molecular weight is 798 g/mol. The van der Waals surface area contributed by atoms with Crippen LogP contribution in [0.15, 0.2) is 77.4 Å². The summed E-state index contributed by atoms with van der Waals surface area (Å²) < 4.78 is 20.3. The third-order valence-corrected chi connectivity index (χ3v) is 11.4. The second kappa shape index (κ2) is 16.2. The number of aryl methyl sites for hydroxylation is 1. The number of benzene rings is 3. The molecule has 6 aromatic rings. The first-order valence-corrected chi connectivity index (χ1v) is 20.1. The lowest BCUT2D eigenvalue weighted by atomic mass is 9.89. The number of aromatic amines is 1. The van der Waals surface area contributed by atoms with Gasteiger partial charge in [-0.05, 0) is 79.3 Å². The summed E-state index contributed by atoms with van der Waals surface area (Å²) in [6.07, 6.45) is 3.13. The minimum atomic E-state index is -0.624.